The molecule has 2 N–H and O–H groups in total. The molecule has 0 unspecified atom stereocenters. The van der Waals surface area contributed by atoms with E-state index in [1.165, 1.54) is 12.3 Å². The number of carbonyl (C=O) groups excluding carboxylic acids is 2. The maximum atomic E-state index is 11.7. The fourth-order valence-corrected chi connectivity index (χ4v) is 1.14. The maximum Gasteiger partial charge on any atom is 0.249 e. The number of carbonyl (C=O) groups is 2. The van der Waals surface area contributed by atoms with Gasteiger partial charge in [-0.2, -0.15) is 0 Å². The zero-order valence-electron chi connectivity index (χ0n) is 18.5. The van der Waals surface area contributed by atoms with Gasteiger partial charge in [0.05, 0.1) is 0 Å². The van der Waals surface area contributed by atoms with Gasteiger partial charge >= 0.3 is 0 Å². The van der Waals surface area contributed by atoms with E-state index in [0.29, 0.717) is 24.0 Å². The average Bonchev–Trinajstić information content (AvgIpc) is 2.59. The van der Waals surface area contributed by atoms with E-state index in [1.807, 2.05) is 34.6 Å². The fourth-order valence-electron chi connectivity index (χ4n) is 1.14. The topological polar surface area (TPSA) is 63.4 Å². The van der Waals surface area contributed by atoms with Crippen LogP contribution in [0.5, 0.6) is 0 Å². The van der Waals surface area contributed by atoms with Crippen LogP contribution in [0, 0.1) is 5.92 Å². The largest absolute Gasteiger partial charge is 0.405 e. The molecule has 0 atom stereocenters. The third-order valence-corrected chi connectivity index (χ3v) is 2.01. The Morgan fingerprint density at radius 2 is 1.44 bits per heavy atom. The number of amides is 1. The number of rotatable bonds is 5. The molecule has 0 rings (SSSR count). The summed E-state index contributed by atoms with van der Waals surface area (Å²) >= 11 is 0. The van der Waals surface area contributed by atoms with E-state index in [4.69, 9.17) is 0 Å². The van der Waals surface area contributed by atoms with Gasteiger partial charge in [0.15, 0.2) is 0 Å². The average molecular weight is 357 g/mol. The van der Waals surface area contributed by atoms with E-state index < -0.39 is 0 Å². The highest BCUT2D eigenvalue weighted by atomic mass is 16.2. The maximum absolute atomic E-state index is 11.7. The Morgan fingerprint density at radius 1 is 1.12 bits per heavy atom. The molecule has 25 heavy (non-hydrogen) atoms. The van der Waals surface area contributed by atoms with Crippen LogP contribution in [0.4, 0.5) is 0 Å². The summed E-state index contributed by atoms with van der Waals surface area (Å²) in [6.07, 6.45) is 4.21. The van der Waals surface area contributed by atoms with Crippen molar-refractivity contribution in [2.24, 2.45) is 11.7 Å². The Morgan fingerprint density at radius 3 is 1.64 bits per heavy atom. The molecule has 0 aromatic carbocycles. The van der Waals surface area contributed by atoms with Crippen LogP contribution in [-0.4, -0.2) is 30.7 Å². The van der Waals surface area contributed by atoms with Crippen molar-refractivity contribution < 1.29 is 9.59 Å². The van der Waals surface area contributed by atoms with Gasteiger partial charge in [0, 0.05) is 24.7 Å². The van der Waals surface area contributed by atoms with Gasteiger partial charge in [-0.05, 0) is 25.5 Å². The predicted octanol–water partition coefficient (Wildman–Crippen LogP) is 5.36. The number of allylic oxidation sites excluding steroid dienone is 2. The highest BCUT2D eigenvalue weighted by Gasteiger charge is 2.12. The van der Waals surface area contributed by atoms with Gasteiger partial charge in [0.1, 0.15) is 6.29 Å². The lowest BCUT2D eigenvalue weighted by Gasteiger charge is -2.16. The molecule has 0 bridgehead atoms. The Bertz CT molecular complexity index is 333. The summed E-state index contributed by atoms with van der Waals surface area (Å²) in [5, 5.41) is 0. The van der Waals surface area contributed by atoms with Gasteiger partial charge in [0.2, 0.25) is 5.91 Å². The van der Waals surface area contributed by atoms with E-state index in [-0.39, 0.29) is 5.91 Å². The van der Waals surface area contributed by atoms with Gasteiger partial charge in [-0.15, -0.1) is 0 Å². The number of aldehydes is 1. The summed E-state index contributed by atoms with van der Waals surface area (Å²) in [6.45, 7) is 25.4. The number of likely N-dealkylation sites (N-methyl/N-ethyl adjacent to an activating group) is 1. The minimum Gasteiger partial charge on any atom is -0.405 e. The van der Waals surface area contributed by atoms with Crippen molar-refractivity contribution in [2.45, 2.75) is 68.7 Å². The first-order valence-corrected chi connectivity index (χ1v) is 9.09. The number of hydrogen-bond acceptors (Lipinski definition) is 3. The molecule has 0 aromatic heterocycles. The van der Waals surface area contributed by atoms with Gasteiger partial charge in [0.25, 0.3) is 0 Å². The summed E-state index contributed by atoms with van der Waals surface area (Å²) in [6, 6.07) is 0. The summed E-state index contributed by atoms with van der Waals surface area (Å²) in [5.74, 6) is 0.717. The Labute approximate surface area is 157 Å². The lowest BCUT2D eigenvalue weighted by atomic mass is 10.1. The quantitative estimate of drug-likeness (QED) is 0.410. The summed E-state index contributed by atoms with van der Waals surface area (Å²) in [4.78, 5) is 23.8. The minimum absolute atomic E-state index is 0.117. The Balaban J connectivity index is -0.000000100. The Hall–Kier alpha value is -1.84. The Kier molecular flexibility index (Phi) is 41.5. The second kappa shape index (κ2) is 30.1. The predicted molar refractivity (Wildman–Crippen MR) is 114 cm³/mol. The molecule has 0 aliphatic rings. The van der Waals surface area contributed by atoms with Crippen LogP contribution in [0.3, 0.4) is 0 Å². The van der Waals surface area contributed by atoms with Crippen molar-refractivity contribution in [2.75, 3.05) is 13.6 Å². The van der Waals surface area contributed by atoms with Crippen LogP contribution in [0.15, 0.2) is 36.6 Å². The molecule has 0 spiro atoms. The first kappa shape index (κ1) is 34.5. The summed E-state index contributed by atoms with van der Waals surface area (Å²) < 4.78 is 0. The van der Waals surface area contributed by atoms with E-state index in [9.17, 15) is 9.59 Å². The highest BCUT2D eigenvalue weighted by Crippen LogP contribution is 2.06. The second-order valence-corrected chi connectivity index (χ2v) is 5.10. The summed E-state index contributed by atoms with van der Waals surface area (Å²) in [5.41, 5.74) is 5.42. The van der Waals surface area contributed by atoms with Gasteiger partial charge in [-0.1, -0.05) is 74.6 Å². The SMILES string of the molecule is C=C/C(C=O)=C(\C)C(=O)N(C)CCC.C=CN.CC.CC.CC(C)C. The van der Waals surface area contributed by atoms with Gasteiger partial charge in [-0.3, -0.25) is 9.59 Å². The highest BCUT2D eigenvalue weighted by molar-refractivity contribution is 5.99. The number of nitrogens with two attached hydrogens (primary N) is 1. The van der Waals surface area contributed by atoms with Crippen LogP contribution in [-0.2, 0) is 9.59 Å². The van der Waals surface area contributed by atoms with Crippen molar-refractivity contribution in [3.8, 4) is 0 Å². The van der Waals surface area contributed by atoms with Crippen LogP contribution < -0.4 is 5.73 Å². The summed E-state index contributed by atoms with van der Waals surface area (Å²) in [7, 11) is 1.72. The van der Waals surface area contributed by atoms with Crippen molar-refractivity contribution in [1.29, 1.82) is 0 Å². The first-order chi connectivity index (χ1) is 11.7. The van der Waals surface area contributed by atoms with Crippen molar-refractivity contribution in [3.05, 3.63) is 36.6 Å². The van der Waals surface area contributed by atoms with Crippen LogP contribution in [0.1, 0.15) is 68.7 Å². The minimum atomic E-state index is -0.117. The molecule has 0 saturated carbocycles. The molecule has 4 heteroatoms. The van der Waals surface area contributed by atoms with Crippen molar-refractivity contribution >= 4 is 12.2 Å². The third-order valence-electron chi connectivity index (χ3n) is 2.01. The molecule has 0 aromatic rings. The lowest BCUT2D eigenvalue weighted by molar-refractivity contribution is -0.126. The second-order valence-electron chi connectivity index (χ2n) is 5.10. The van der Waals surface area contributed by atoms with Crippen LogP contribution in [0.25, 0.3) is 0 Å². The zero-order valence-corrected chi connectivity index (χ0v) is 18.5. The fraction of sp³-hybridized carbons (Fsp3) is 0.619. The van der Waals surface area contributed by atoms with E-state index >= 15 is 0 Å². The van der Waals surface area contributed by atoms with Crippen molar-refractivity contribution in [1.82, 2.24) is 4.90 Å². The number of nitrogens with zero attached hydrogens (tertiary/aromatic N) is 1. The van der Waals surface area contributed by atoms with E-state index in [2.05, 4.69) is 39.7 Å². The third kappa shape index (κ3) is 30.6. The molecular weight excluding hydrogens is 312 g/mol. The van der Waals surface area contributed by atoms with Crippen LogP contribution in [0.2, 0.25) is 0 Å². The standard InChI is InChI=1S/C11H17NO2.C4H10.C2H5N.2C2H6/c1-5-7-12(4)11(14)9(3)10(6-2)8-13;1-4(2)3;1-2-3;2*1-2/h6,8H,2,5,7H2,1,3-4H3;4H,1-3H3;2H,1,3H2;2*1-2H3/b10-9-;;;;. The first-order valence-electron chi connectivity index (χ1n) is 9.09. The molecular formula is C21H44N2O2. The molecule has 0 aliphatic heterocycles. The smallest absolute Gasteiger partial charge is 0.249 e. The molecule has 1 amide bonds. The molecule has 150 valence electrons. The van der Waals surface area contributed by atoms with Crippen LogP contribution >= 0.6 is 0 Å². The lowest BCUT2D eigenvalue weighted by Crippen LogP contribution is -2.28. The van der Waals surface area contributed by atoms with E-state index in [0.717, 1.165) is 12.3 Å². The molecule has 0 fully saturated rings. The number of hydrogen-bond donors (Lipinski definition) is 1. The van der Waals surface area contributed by atoms with Gasteiger partial charge < -0.3 is 10.6 Å². The normalized spacial score (nSPS) is 8.92. The van der Waals surface area contributed by atoms with E-state index in [1.54, 1.807) is 18.9 Å². The molecule has 4 nitrogen and oxygen atoms in total. The molecule has 0 radical (unpaired) electrons. The monoisotopic (exact) mass is 356 g/mol. The molecule has 0 saturated heterocycles. The van der Waals surface area contributed by atoms with Crippen molar-refractivity contribution in [3.63, 3.8) is 0 Å². The zero-order chi connectivity index (χ0) is 21.4. The molecule has 0 aliphatic carbocycles. The van der Waals surface area contributed by atoms with Gasteiger partial charge in [-0.25, -0.2) is 0 Å². The molecule has 0 heterocycles.